The Bertz CT molecular complexity index is 752. The number of nitrogens with one attached hydrogen (secondary N) is 2. The number of esters is 1. The highest BCUT2D eigenvalue weighted by Gasteiger charge is 2.43. The summed E-state index contributed by atoms with van der Waals surface area (Å²) in [5, 5.41) is 7.74. The molecule has 1 aromatic heterocycles. The van der Waals surface area contributed by atoms with Crippen LogP contribution in [-0.4, -0.2) is 42.0 Å². The molecule has 1 aromatic rings. The summed E-state index contributed by atoms with van der Waals surface area (Å²) in [6, 6.07) is 3.04. The smallest absolute Gasteiger partial charge is 0.338 e. The van der Waals surface area contributed by atoms with Crippen LogP contribution in [0.1, 0.15) is 43.0 Å². The second-order valence-corrected chi connectivity index (χ2v) is 7.80. The highest BCUT2D eigenvalue weighted by atomic mass is 32.1. The van der Waals surface area contributed by atoms with E-state index in [4.69, 9.17) is 4.74 Å². The van der Waals surface area contributed by atoms with Gasteiger partial charge in [0.1, 0.15) is 13.2 Å². The molecule has 1 fully saturated rings. The topological polar surface area (TPSA) is 87.7 Å². The van der Waals surface area contributed by atoms with Gasteiger partial charge in [0.05, 0.1) is 17.3 Å². The lowest BCUT2D eigenvalue weighted by atomic mass is 9.95. The summed E-state index contributed by atoms with van der Waals surface area (Å²) in [4.78, 5) is 39.5. The van der Waals surface area contributed by atoms with Crippen LogP contribution in [0.25, 0.3) is 0 Å². The van der Waals surface area contributed by atoms with Gasteiger partial charge < -0.3 is 15.4 Å². The Kier molecular flexibility index (Phi) is 4.67. The molecule has 1 atom stereocenters. The number of carbonyl (C=O) groups is 3. The molecule has 1 saturated carbocycles. The number of nitrogens with zero attached hydrogens (tertiary/aromatic N) is 1. The molecule has 3 heterocycles. The Morgan fingerprint density at radius 3 is 2.85 bits per heavy atom. The summed E-state index contributed by atoms with van der Waals surface area (Å²) in [6.45, 7) is -0.0743. The monoisotopic (exact) mass is 375 g/mol. The fourth-order valence-electron chi connectivity index (χ4n) is 3.81. The van der Waals surface area contributed by atoms with E-state index >= 15 is 0 Å². The van der Waals surface area contributed by atoms with Gasteiger partial charge in [-0.2, -0.15) is 0 Å². The molecule has 138 valence electrons. The molecular formula is C18H21N3O4S. The van der Waals surface area contributed by atoms with Crippen LogP contribution in [0.3, 0.4) is 0 Å². The SMILES string of the molecule is O=C(CN1C(=O)NC(c2cccs2)C2=C1COC2=O)NC1CCCCC1. The van der Waals surface area contributed by atoms with Gasteiger partial charge in [-0.25, -0.2) is 9.59 Å². The van der Waals surface area contributed by atoms with Crippen molar-refractivity contribution in [1.82, 2.24) is 15.5 Å². The maximum absolute atomic E-state index is 12.6. The van der Waals surface area contributed by atoms with Crippen LogP contribution < -0.4 is 10.6 Å². The van der Waals surface area contributed by atoms with Crippen molar-refractivity contribution in [1.29, 1.82) is 0 Å². The predicted octanol–water partition coefficient (Wildman–Crippen LogP) is 2.07. The van der Waals surface area contributed by atoms with Crippen molar-refractivity contribution < 1.29 is 19.1 Å². The van der Waals surface area contributed by atoms with Gasteiger partial charge in [0.25, 0.3) is 0 Å². The first-order valence-corrected chi connectivity index (χ1v) is 9.82. The Hall–Kier alpha value is -2.35. The summed E-state index contributed by atoms with van der Waals surface area (Å²) in [7, 11) is 0. The van der Waals surface area contributed by atoms with Crippen LogP contribution in [0.15, 0.2) is 28.8 Å². The maximum Gasteiger partial charge on any atom is 0.338 e. The molecular weight excluding hydrogens is 354 g/mol. The fraction of sp³-hybridized carbons (Fsp3) is 0.500. The third kappa shape index (κ3) is 3.21. The predicted molar refractivity (Wildman–Crippen MR) is 95.3 cm³/mol. The van der Waals surface area contributed by atoms with E-state index in [9.17, 15) is 14.4 Å². The molecule has 0 spiro atoms. The zero-order valence-corrected chi connectivity index (χ0v) is 15.1. The van der Waals surface area contributed by atoms with Crippen molar-refractivity contribution in [3.05, 3.63) is 33.7 Å². The number of amides is 3. The molecule has 2 N–H and O–H groups in total. The van der Waals surface area contributed by atoms with Crippen LogP contribution in [-0.2, 0) is 14.3 Å². The van der Waals surface area contributed by atoms with Gasteiger partial charge in [-0.1, -0.05) is 25.3 Å². The number of hydrogen-bond donors (Lipinski definition) is 2. The van der Waals surface area contributed by atoms with E-state index < -0.39 is 12.0 Å². The van der Waals surface area contributed by atoms with E-state index in [1.807, 2.05) is 17.5 Å². The lowest BCUT2D eigenvalue weighted by Gasteiger charge is -2.32. The molecule has 26 heavy (non-hydrogen) atoms. The van der Waals surface area contributed by atoms with Crippen LogP contribution in [0.2, 0.25) is 0 Å². The third-order valence-corrected chi connectivity index (χ3v) is 6.04. The van der Waals surface area contributed by atoms with Gasteiger partial charge in [-0.05, 0) is 24.3 Å². The zero-order chi connectivity index (χ0) is 18.1. The Morgan fingerprint density at radius 1 is 1.31 bits per heavy atom. The van der Waals surface area contributed by atoms with Gasteiger partial charge in [-0.3, -0.25) is 9.69 Å². The van der Waals surface area contributed by atoms with Crippen molar-refractivity contribution in [2.45, 2.75) is 44.2 Å². The number of cyclic esters (lactones) is 1. The molecule has 1 aliphatic carbocycles. The number of rotatable bonds is 4. The number of thiophene rings is 1. The molecule has 3 aliphatic rings. The van der Waals surface area contributed by atoms with Crippen LogP contribution in [0.4, 0.5) is 4.79 Å². The molecule has 0 aromatic carbocycles. The second kappa shape index (κ2) is 7.11. The maximum atomic E-state index is 12.6. The minimum atomic E-state index is -0.509. The van der Waals surface area contributed by atoms with Crippen molar-refractivity contribution >= 4 is 29.2 Å². The molecule has 3 amide bonds. The molecule has 2 aliphatic heterocycles. The summed E-state index contributed by atoms with van der Waals surface area (Å²) >= 11 is 1.47. The largest absolute Gasteiger partial charge is 0.456 e. The average molecular weight is 375 g/mol. The lowest BCUT2D eigenvalue weighted by molar-refractivity contribution is -0.136. The highest BCUT2D eigenvalue weighted by Crippen LogP contribution is 2.36. The number of hydrogen-bond acceptors (Lipinski definition) is 5. The van der Waals surface area contributed by atoms with Crippen LogP contribution in [0.5, 0.6) is 0 Å². The van der Waals surface area contributed by atoms with E-state index in [0.29, 0.717) is 11.3 Å². The quantitative estimate of drug-likeness (QED) is 0.789. The molecule has 1 unspecified atom stereocenters. The Balaban J connectivity index is 1.52. The Morgan fingerprint density at radius 2 is 2.12 bits per heavy atom. The van der Waals surface area contributed by atoms with Crippen LogP contribution >= 0.6 is 11.3 Å². The molecule has 0 saturated heterocycles. The van der Waals surface area contributed by atoms with Gasteiger partial charge in [0, 0.05) is 10.9 Å². The summed E-state index contributed by atoms with van der Waals surface area (Å²) in [5.74, 6) is -0.635. The first kappa shape index (κ1) is 17.1. The molecule has 8 heteroatoms. The Labute approximate surface area is 155 Å². The third-order valence-electron chi connectivity index (χ3n) is 5.10. The minimum absolute atomic E-state index is 0.0279. The second-order valence-electron chi connectivity index (χ2n) is 6.82. The summed E-state index contributed by atoms with van der Waals surface area (Å²) < 4.78 is 5.16. The molecule has 4 rings (SSSR count). The number of urea groups is 1. The molecule has 7 nitrogen and oxygen atoms in total. The van der Waals surface area contributed by atoms with Crippen molar-refractivity contribution in [3.63, 3.8) is 0 Å². The van der Waals surface area contributed by atoms with E-state index in [1.54, 1.807) is 0 Å². The van der Waals surface area contributed by atoms with E-state index in [1.165, 1.54) is 22.7 Å². The normalized spacial score (nSPS) is 23.5. The van der Waals surface area contributed by atoms with Crippen molar-refractivity contribution in [3.8, 4) is 0 Å². The van der Waals surface area contributed by atoms with Crippen LogP contribution in [0, 0.1) is 0 Å². The number of carbonyl (C=O) groups excluding carboxylic acids is 3. The first-order valence-electron chi connectivity index (χ1n) is 8.94. The van der Waals surface area contributed by atoms with Crippen molar-refractivity contribution in [2.24, 2.45) is 0 Å². The fourth-order valence-corrected chi connectivity index (χ4v) is 4.60. The summed E-state index contributed by atoms with van der Waals surface area (Å²) in [6.07, 6.45) is 5.41. The van der Waals surface area contributed by atoms with E-state index in [-0.39, 0.29) is 31.1 Å². The highest BCUT2D eigenvalue weighted by molar-refractivity contribution is 7.10. The molecule has 0 bridgehead atoms. The summed E-state index contributed by atoms with van der Waals surface area (Å²) in [5.41, 5.74) is 0.925. The van der Waals surface area contributed by atoms with Gasteiger partial charge in [0.2, 0.25) is 5.91 Å². The standard InChI is InChI=1S/C18H21N3O4S/c22-14(19-11-5-2-1-3-6-11)9-21-12-10-25-17(23)15(12)16(20-18(21)24)13-7-4-8-26-13/h4,7-8,11,16H,1-3,5-6,9-10H2,(H,19,22)(H,20,24). The van der Waals surface area contributed by atoms with Gasteiger partial charge in [0.15, 0.2) is 0 Å². The number of ether oxygens (including phenoxy) is 1. The minimum Gasteiger partial charge on any atom is -0.456 e. The van der Waals surface area contributed by atoms with E-state index in [0.717, 1.165) is 30.6 Å². The van der Waals surface area contributed by atoms with Crippen molar-refractivity contribution in [2.75, 3.05) is 13.2 Å². The average Bonchev–Trinajstić information content (AvgIpc) is 3.28. The van der Waals surface area contributed by atoms with E-state index in [2.05, 4.69) is 10.6 Å². The lowest BCUT2D eigenvalue weighted by Crippen LogP contribution is -2.51. The van der Waals surface area contributed by atoms with Gasteiger partial charge in [-0.15, -0.1) is 11.3 Å². The first-order chi connectivity index (χ1) is 12.6. The zero-order valence-electron chi connectivity index (χ0n) is 14.3. The van der Waals surface area contributed by atoms with Gasteiger partial charge >= 0.3 is 12.0 Å². The molecule has 0 radical (unpaired) electrons.